The lowest BCUT2D eigenvalue weighted by molar-refractivity contribution is -0.142. The zero-order valence-electron chi connectivity index (χ0n) is 9.38. The molecule has 0 aliphatic carbocycles. The van der Waals surface area contributed by atoms with Crippen molar-refractivity contribution in [1.29, 1.82) is 0 Å². The molecule has 1 atom stereocenters. The largest absolute Gasteiger partial charge is 0.468 e. The van der Waals surface area contributed by atoms with Gasteiger partial charge < -0.3 is 14.9 Å². The summed E-state index contributed by atoms with van der Waals surface area (Å²) in [5, 5.41) is 0.988. The van der Waals surface area contributed by atoms with Gasteiger partial charge in [0.25, 0.3) is 0 Å². The zero-order valence-corrected chi connectivity index (χ0v) is 10.2. The van der Waals surface area contributed by atoms with Crippen LogP contribution in [-0.4, -0.2) is 19.1 Å². The summed E-state index contributed by atoms with van der Waals surface area (Å²) in [6.45, 7) is 0. The average Bonchev–Trinajstić information content (AvgIpc) is 2.72. The molecule has 0 saturated heterocycles. The van der Waals surface area contributed by atoms with Crippen LogP contribution in [0.3, 0.4) is 0 Å². The van der Waals surface area contributed by atoms with E-state index < -0.39 is 12.0 Å². The second kappa shape index (κ2) is 5.70. The van der Waals surface area contributed by atoms with E-state index in [1.54, 1.807) is 6.26 Å². The Morgan fingerprint density at radius 2 is 2.18 bits per heavy atom. The van der Waals surface area contributed by atoms with Gasteiger partial charge in [-0.2, -0.15) is 0 Å². The van der Waals surface area contributed by atoms with E-state index in [2.05, 4.69) is 4.74 Å². The molecule has 1 aromatic carbocycles. The van der Waals surface area contributed by atoms with Crippen molar-refractivity contribution >= 4 is 29.3 Å². The number of esters is 1. The van der Waals surface area contributed by atoms with Crippen LogP contribution in [0, 0.1) is 0 Å². The average molecular weight is 256 g/mol. The van der Waals surface area contributed by atoms with Crippen LogP contribution < -0.4 is 5.73 Å². The van der Waals surface area contributed by atoms with E-state index >= 15 is 0 Å². The highest BCUT2D eigenvalue weighted by Gasteiger charge is 2.16. The van der Waals surface area contributed by atoms with Crippen LogP contribution in [0.1, 0.15) is 5.56 Å². The second-order valence-corrected chi connectivity index (χ2v) is 3.59. The first-order valence-corrected chi connectivity index (χ1v) is 5.01. The molecule has 0 amide bonds. The van der Waals surface area contributed by atoms with Crippen molar-refractivity contribution in [3.63, 3.8) is 0 Å². The summed E-state index contributed by atoms with van der Waals surface area (Å²) in [5.74, 6) is -0.412. The van der Waals surface area contributed by atoms with Gasteiger partial charge in [-0.1, -0.05) is 18.2 Å². The van der Waals surface area contributed by atoms with Crippen molar-refractivity contribution in [2.75, 3.05) is 7.11 Å². The van der Waals surface area contributed by atoms with Crippen LogP contribution in [-0.2, 0) is 16.0 Å². The molecule has 1 heterocycles. The maximum absolute atomic E-state index is 11.2. The lowest BCUT2D eigenvalue weighted by atomic mass is 10.1. The zero-order chi connectivity index (χ0) is 11.5. The van der Waals surface area contributed by atoms with Crippen molar-refractivity contribution in [3.05, 3.63) is 36.1 Å². The molecule has 0 fully saturated rings. The van der Waals surface area contributed by atoms with Gasteiger partial charge in [0.2, 0.25) is 0 Å². The highest BCUT2D eigenvalue weighted by atomic mass is 35.5. The Kier molecular flexibility index (Phi) is 4.54. The van der Waals surface area contributed by atoms with Crippen molar-refractivity contribution < 1.29 is 13.9 Å². The second-order valence-electron chi connectivity index (χ2n) is 3.59. The third-order valence-electron chi connectivity index (χ3n) is 2.50. The van der Waals surface area contributed by atoms with Crippen molar-refractivity contribution in [1.82, 2.24) is 0 Å². The number of benzene rings is 1. The fraction of sp³-hybridized carbons (Fsp3) is 0.250. The van der Waals surface area contributed by atoms with Crippen LogP contribution in [0.15, 0.2) is 34.9 Å². The van der Waals surface area contributed by atoms with Crippen LogP contribution in [0.25, 0.3) is 11.0 Å². The molecule has 0 saturated carbocycles. The number of furan rings is 1. The van der Waals surface area contributed by atoms with E-state index in [-0.39, 0.29) is 12.4 Å². The van der Waals surface area contributed by atoms with E-state index in [1.807, 2.05) is 24.3 Å². The number of hydrogen-bond acceptors (Lipinski definition) is 4. The molecule has 5 heteroatoms. The normalized spacial score (nSPS) is 11.9. The smallest absolute Gasteiger partial charge is 0.322 e. The molecular weight excluding hydrogens is 242 g/mol. The van der Waals surface area contributed by atoms with Gasteiger partial charge in [0, 0.05) is 17.4 Å². The summed E-state index contributed by atoms with van der Waals surface area (Å²) < 4.78 is 9.93. The van der Waals surface area contributed by atoms with Crippen LogP contribution >= 0.6 is 12.4 Å². The van der Waals surface area contributed by atoms with E-state index in [4.69, 9.17) is 10.2 Å². The van der Waals surface area contributed by atoms with Gasteiger partial charge in [0.1, 0.15) is 11.6 Å². The predicted octanol–water partition coefficient (Wildman–Crippen LogP) is 1.90. The number of carbonyl (C=O) groups excluding carboxylic acids is 1. The molecule has 92 valence electrons. The number of nitrogens with two attached hydrogens (primary N) is 1. The highest BCUT2D eigenvalue weighted by molar-refractivity contribution is 5.85. The summed E-state index contributed by atoms with van der Waals surface area (Å²) in [4.78, 5) is 11.2. The summed E-state index contributed by atoms with van der Waals surface area (Å²) in [7, 11) is 1.33. The van der Waals surface area contributed by atoms with Gasteiger partial charge >= 0.3 is 5.97 Å². The lowest BCUT2D eigenvalue weighted by Crippen LogP contribution is -2.33. The molecule has 0 aliphatic rings. The molecule has 1 unspecified atom stereocenters. The van der Waals surface area contributed by atoms with Gasteiger partial charge in [-0.25, -0.2) is 0 Å². The minimum atomic E-state index is -0.647. The molecule has 0 spiro atoms. The minimum Gasteiger partial charge on any atom is -0.468 e. The Hall–Kier alpha value is -1.52. The summed E-state index contributed by atoms with van der Waals surface area (Å²) >= 11 is 0. The fourth-order valence-corrected chi connectivity index (χ4v) is 1.66. The number of rotatable bonds is 3. The molecule has 2 rings (SSSR count). The van der Waals surface area contributed by atoms with Crippen LogP contribution in [0.5, 0.6) is 0 Å². The maximum atomic E-state index is 11.2. The first kappa shape index (κ1) is 13.5. The van der Waals surface area contributed by atoms with E-state index in [1.165, 1.54) is 7.11 Å². The maximum Gasteiger partial charge on any atom is 0.322 e. The third kappa shape index (κ3) is 2.78. The topological polar surface area (TPSA) is 65.5 Å². The van der Waals surface area contributed by atoms with Crippen molar-refractivity contribution in [2.24, 2.45) is 5.73 Å². The Morgan fingerprint density at radius 3 is 2.88 bits per heavy atom. The number of fused-ring (bicyclic) bond motifs is 1. The van der Waals surface area contributed by atoms with Gasteiger partial charge in [-0.15, -0.1) is 12.4 Å². The standard InChI is InChI=1S/C12H13NO3.ClH/c1-15-12(14)10(13)6-8-7-16-11-5-3-2-4-9(8)11;/h2-5,7,10H,6,13H2,1H3;1H. The number of ether oxygens (including phenoxy) is 1. The molecule has 0 aliphatic heterocycles. The number of hydrogen-bond donors (Lipinski definition) is 1. The molecule has 2 aromatic rings. The quantitative estimate of drug-likeness (QED) is 0.851. The van der Waals surface area contributed by atoms with Crippen LogP contribution in [0.4, 0.5) is 0 Å². The lowest BCUT2D eigenvalue weighted by Gasteiger charge is -2.07. The summed E-state index contributed by atoms with van der Waals surface area (Å²) in [6, 6.07) is 6.99. The van der Waals surface area contributed by atoms with Crippen molar-refractivity contribution in [2.45, 2.75) is 12.5 Å². The van der Waals surface area contributed by atoms with Gasteiger partial charge in [-0.3, -0.25) is 4.79 Å². The molecule has 0 bridgehead atoms. The summed E-state index contributed by atoms with van der Waals surface area (Å²) in [5.41, 5.74) is 7.42. The molecule has 1 aromatic heterocycles. The molecule has 4 nitrogen and oxygen atoms in total. The monoisotopic (exact) mass is 255 g/mol. The van der Waals surface area contributed by atoms with Gasteiger partial charge in [0.05, 0.1) is 13.4 Å². The van der Waals surface area contributed by atoms with E-state index in [9.17, 15) is 4.79 Å². The summed E-state index contributed by atoms with van der Waals surface area (Å²) in [6.07, 6.45) is 2.05. The number of methoxy groups -OCH3 is 1. The first-order chi connectivity index (χ1) is 7.72. The molecular formula is C12H14ClNO3. The number of halogens is 1. The van der Waals surface area contributed by atoms with Crippen molar-refractivity contribution in [3.8, 4) is 0 Å². The Bertz CT molecular complexity index is 509. The Balaban J connectivity index is 0.00000144. The van der Waals surface area contributed by atoms with Gasteiger partial charge in [0.15, 0.2) is 0 Å². The highest BCUT2D eigenvalue weighted by Crippen LogP contribution is 2.21. The SMILES string of the molecule is COC(=O)C(N)Cc1coc2ccccc12.Cl. The minimum absolute atomic E-state index is 0. The Morgan fingerprint density at radius 1 is 1.47 bits per heavy atom. The number of carbonyl (C=O) groups is 1. The Labute approximate surface area is 105 Å². The number of para-hydroxylation sites is 1. The molecule has 17 heavy (non-hydrogen) atoms. The molecule has 0 radical (unpaired) electrons. The predicted molar refractivity (Wildman–Crippen MR) is 67.2 cm³/mol. The fourth-order valence-electron chi connectivity index (χ4n) is 1.66. The van der Waals surface area contributed by atoms with E-state index in [0.29, 0.717) is 6.42 Å². The van der Waals surface area contributed by atoms with Gasteiger partial charge in [-0.05, 0) is 6.07 Å². The first-order valence-electron chi connectivity index (χ1n) is 5.01. The van der Waals surface area contributed by atoms with E-state index in [0.717, 1.165) is 16.5 Å². The molecule has 2 N–H and O–H groups in total. The third-order valence-corrected chi connectivity index (χ3v) is 2.50. The van der Waals surface area contributed by atoms with Crippen LogP contribution in [0.2, 0.25) is 0 Å².